The van der Waals surface area contributed by atoms with Crippen molar-refractivity contribution in [3.63, 3.8) is 0 Å². The van der Waals surface area contributed by atoms with Gasteiger partial charge in [-0.15, -0.1) is 0 Å². The summed E-state index contributed by atoms with van der Waals surface area (Å²) in [4.78, 5) is 15.0. The van der Waals surface area contributed by atoms with E-state index >= 15 is 0 Å². The van der Waals surface area contributed by atoms with Crippen LogP contribution in [0.25, 0.3) is 0 Å². The van der Waals surface area contributed by atoms with Gasteiger partial charge in [-0.3, -0.25) is 9.79 Å². The average molecular weight is 212 g/mol. The number of methoxy groups -OCH3 is 1. The maximum Gasteiger partial charge on any atom is 0.308 e. The number of ether oxygens (including phenoxy) is 1. The zero-order chi connectivity index (χ0) is 11.7. The second-order valence-electron chi connectivity index (χ2n) is 3.46. The summed E-state index contributed by atoms with van der Waals surface area (Å²) < 4.78 is 4.62. The van der Waals surface area contributed by atoms with Gasteiger partial charge in [0.1, 0.15) is 0 Å². The van der Waals surface area contributed by atoms with Crippen LogP contribution in [0.5, 0.6) is 0 Å². The van der Waals surface area contributed by atoms with Gasteiger partial charge in [0.15, 0.2) is 0 Å². The molecule has 4 heteroatoms. The molecule has 0 spiro atoms. The smallest absolute Gasteiger partial charge is 0.308 e. The van der Waals surface area contributed by atoms with Crippen LogP contribution in [0.4, 0.5) is 0 Å². The monoisotopic (exact) mass is 212 g/mol. The minimum atomic E-state index is -0.153. The molecule has 0 aromatic heterocycles. The first-order chi connectivity index (χ1) is 7.07. The largest absolute Gasteiger partial charge is 0.469 e. The van der Waals surface area contributed by atoms with Gasteiger partial charge in [-0.1, -0.05) is 19.1 Å². The Bertz CT molecular complexity index is 243. The lowest BCUT2D eigenvalue weighted by atomic mass is 10.1. The third-order valence-electron chi connectivity index (χ3n) is 1.98. The SMILES string of the molecule is COC(=O)[C@@H](C)CC/C=C\CN=C(C)N. The molecule has 0 aromatic carbocycles. The molecule has 0 aliphatic rings. The highest BCUT2D eigenvalue weighted by atomic mass is 16.5. The zero-order valence-corrected chi connectivity index (χ0v) is 9.69. The molecule has 0 fully saturated rings. The molecule has 0 saturated carbocycles. The third-order valence-corrected chi connectivity index (χ3v) is 1.98. The van der Waals surface area contributed by atoms with E-state index in [4.69, 9.17) is 5.73 Å². The maximum atomic E-state index is 11.0. The van der Waals surface area contributed by atoms with Gasteiger partial charge in [0, 0.05) is 0 Å². The fourth-order valence-electron chi connectivity index (χ4n) is 1.05. The van der Waals surface area contributed by atoms with Gasteiger partial charge in [-0.2, -0.15) is 0 Å². The Morgan fingerprint density at radius 1 is 1.53 bits per heavy atom. The molecule has 0 aliphatic heterocycles. The molecule has 0 saturated heterocycles. The molecule has 0 aromatic rings. The number of hydrogen-bond donors (Lipinski definition) is 1. The summed E-state index contributed by atoms with van der Waals surface area (Å²) in [6.07, 6.45) is 5.61. The van der Waals surface area contributed by atoms with Gasteiger partial charge in [0.05, 0.1) is 25.4 Å². The minimum absolute atomic E-state index is 0.0422. The van der Waals surface area contributed by atoms with E-state index in [1.165, 1.54) is 7.11 Å². The lowest BCUT2D eigenvalue weighted by Gasteiger charge is -2.05. The van der Waals surface area contributed by atoms with E-state index < -0.39 is 0 Å². The van der Waals surface area contributed by atoms with Crippen LogP contribution in [0.3, 0.4) is 0 Å². The standard InChI is InChI=1S/C11H20N2O2/c1-9(11(14)15-3)7-5-4-6-8-13-10(2)12/h4,6,9H,5,7-8H2,1-3H3,(H2,12,13)/b6-4-/t9-/m0/s1. The van der Waals surface area contributed by atoms with Crippen molar-refractivity contribution in [1.82, 2.24) is 0 Å². The first-order valence-electron chi connectivity index (χ1n) is 5.07. The van der Waals surface area contributed by atoms with E-state index in [2.05, 4.69) is 9.73 Å². The number of rotatable bonds is 6. The van der Waals surface area contributed by atoms with E-state index in [9.17, 15) is 4.79 Å². The van der Waals surface area contributed by atoms with Crippen molar-refractivity contribution in [1.29, 1.82) is 0 Å². The summed E-state index contributed by atoms with van der Waals surface area (Å²) >= 11 is 0. The fraction of sp³-hybridized carbons (Fsp3) is 0.636. The van der Waals surface area contributed by atoms with Crippen LogP contribution in [-0.4, -0.2) is 25.5 Å². The van der Waals surface area contributed by atoms with Gasteiger partial charge in [0.25, 0.3) is 0 Å². The number of allylic oxidation sites excluding steroid dienone is 1. The Kier molecular flexibility index (Phi) is 7.32. The number of amidine groups is 1. The first-order valence-corrected chi connectivity index (χ1v) is 5.07. The molecule has 0 aliphatic carbocycles. The number of aliphatic imine (C=N–C) groups is 1. The highest BCUT2D eigenvalue weighted by molar-refractivity contribution is 5.77. The molecule has 0 rings (SSSR count). The molecule has 15 heavy (non-hydrogen) atoms. The lowest BCUT2D eigenvalue weighted by Crippen LogP contribution is -2.11. The molecule has 86 valence electrons. The van der Waals surface area contributed by atoms with Crippen molar-refractivity contribution in [2.24, 2.45) is 16.6 Å². The van der Waals surface area contributed by atoms with Crippen molar-refractivity contribution in [2.75, 3.05) is 13.7 Å². The second-order valence-corrected chi connectivity index (χ2v) is 3.46. The molecule has 1 atom stereocenters. The van der Waals surface area contributed by atoms with Crippen molar-refractivity contribution in [2.45, 2.75) is 26.7 Å². The highest BCUT2D eigenvalue weighted by Gasteiger charge is 2.10. The number of nitrogens with two attached hydrogens (primary N) is 1. The minimum Gasteiger partial charge on any atom is -0.469 e. The van der Waals surface area contributed by atoms with Crippen molar-refractivity contribution in [3.8, 4) is 0 Å². The number of nitrogens with zero attached hydrogens (tertiary/aromatic N) is 1. The summed E-state index contributed by atoms with van der Waals surface area (Å²) in [7, 11) is 1.41. The number of carbonyl (C=O) groups is 1. The topological polar surface area (TPSA) is 64.7 Å². The Hall–Kier alpha value is -1.32. The molecule has 0 bridgehead atoms. The molecule has 0 heterocycles. The molecule has 0 radical (unpaired) electrons. The molecule has 2 N–H and O–H groups in total. The zero-order valence-electron chi connectivity index (χ0n) is 9.69. The Morgan fingerprint density at radius 3 is 2.73 bits per heavy atom. The van der Waals surface area contributed by atoms with E-state index in [-0.39, 0.29) is 11.9 Å². The van der Waals surface area contributed by atoms with Crippen molar-refractivity contribution < 1.29 is 9.53 Å². The number of esters is 1. The van der Waals surface area contributed by atoms with Crippen LogP contribution >= 0.6 is 0 Å². The van der Waals surface area contributed by atoms with Crippen LogP contribution < -0.4 is 5.73 Å². The van der Waals surface area contributed by atoms with E-state index in [0.717, 1.165) is 12.8 Å². The predicted octanol–water partition coefficient (Wildman–Crippen LogP) is 1.51. The van der Waals surface area contributed by atoms with Crippen LogP contribution in [0, 0.1) is 5.92 Å². The fourth-order valence-corrected chi connectivity index (χ4v) is 1.05. The van der Waals surface area contributed by atoms with Gasteiger partial charge in [0.2, 0.25) is 0 Å². The summed E-state index contributed by atoms with van der Waals surface area (Å²) in [6.45, 7) is 4.23. The van der Waals surface area contributed by atoms with Gasteiger partial charge in [-0.25, -0.2) is 0 Å². The molecule has 4 nitrogen and oxygen atoms in total. The van der Waals surface area contributed by atoms with Gasteiger partial charge < -0.3 is 10.5 Å². The number of hydrogen-bond acceptors (Lipinski definition) is 3. The van der Waals surface area contributed by atoms with E-state index in [1.54, 1.807) is 6.92 Å². The van der Waals surface area contributed by atoms with Crippen molar-refractivity contribution >= 4 is 11.8 Å². The lowest BCUT2D eigenvalue weighted by molar-refractivity contribution is -0.144. The maximum absolute atomic E-state index is 11.0. The summed E-state index contributed by atoms with van der Waals surface area (Å²) in [5.41, 5.74) is 5.37. The van der Waals surface area contributed by atoms with Gasteiger partial charge >= 0.3 is 5.97 Å². The number of carbonyl (C=O) groups excluding carboxylic acids is 1. The summed E-state index contributed by atoms with van der Waals surface area (Å²) in [6, 6.07) is 0. The van der Waals surface area contributed by atoms with E-state index in [1.807, 2.05) is 19.1 Å². The van der Waals surface area contributed by atoms with Gasteiger partial charge in [-0.05, 0) is 19.8 Å². The van der Waals surface area contributed by atoms with Crippen LogP contribution in [-0.2, 0) is 9.53 Å². The first kappa shape index (κ1) is 13.7. The molecule has 0 unspecified atom stereocenters. The van der Waals surface area contributed by atoms with Crippen LogP contribution in [0.2, 0.25) is 0 Å². The summed E-state index contributed by atoms with van der Waals surface area (Å²) in [5.74, 6) is 0.390. The predicted molar refractivity (Wildman–Crippen MR) is 61.7 cm³/mol. The molecular formula is C11H20N2O2. The highest BCUT2D eigenvalue weighted by Crippen LogP contribution is 2.07. The van der Waals surface area contributed by atoms with Crippen molar-refractivity contribution in [3.05, 3.63) is 12.2 Å². The Balaban J connectivity index is 3.61. The normalized spacial score (nSPS) is 14.2. The third kappa shape index (κ3) is 7.73. The molecule has 0 amide bonds. The van der Waals surface area contributed by atoms with E-state index in [0.29, 0.717) is 12.4 Å². The second kappa shape index (κ2) is 8.03. The van der Waals surface area contributed by atoms with Crippen LogP contribution in [0.1, 0.15) is 26.7 Å². The average Bonchev–Trinajstić information content (AvgIpc) is 2.21. The Morgan fingerprint density at radius 2 is 2.20 bits per heavy atom. The molecular weight excluding hydrogens is 192 g/mol. The Labute approximate surface area is 91.2 Å². The summed E-state index contributed by atoms with van der Waals surface area (Å²) in [5, 5.41) is 0. The quantitative estimate of drug-likeness (QED) is 0.314. The van der Waals surface area contributed by atoms with Crippen LogP contribution in [0.15, 0.2) is 17.1 Å².